The van der Waals surface area contributed by atoms with Crippen LogP contribution in [0.3, 0.4) is 0 Å². The molecule has 2 aromatic rings. The Morgan fingerprint density at radius 1 is 0.915 bits per heavy atom. The molecule has 1 N–H and O–H groups in total. The van der Waals surface area contributed by atoms with Crippen molar-refractivity contribution in [3.8, 4) is 5.75 Å². The number of nitrogens with one attached hydrogen (secondary N) is 1. The van der Waals surface area contributed by atoms with Crippen LogP contribution in [0, 0.1) is 5.92 Å². The summed E-state index contributed by atoms with van der Waals surface area (Å²) in [4.78, 5) is 48.3. The van der Waals surface area contributed by atoms with Crippen LogP contribution >= 0.6 is 0 Å². The van der Waals surface area contributed by atoms with E-state index in [1.54, 1.807) is 11.1 Å². The van der Waals surface area contributed by atoms with Crippen molar-refractivity contribution in [3.05, 3.63) is 30.0 Å². The van der Waals surface area contributed by atoms with Crippen LogP contribution in [0.25, 0.3) is 0 Å². The fourth-order valence-electron chi connectivity index (χ4n) is 8.60. The number of likely N-dealkylation sites (tertiary alicyclic amines) is 1. The SMILES string of the molecule is CC(C)Oc1cc(C(=O)N2CCC(N3CCN(C)CC3)CC2)ccc1Nc1ncc2c(n1)N(C1CCCC1)[C@@H]1CCC[C@@H]1C(=O)N2C. The number of likely N-dealkylation sites (N-methyl/N-ethyl adjacent to an activating group) is 1. The monoisotopic (exact) mass is 644 g/mol. The van der Waals surface area contributed by atoms with Gasteiger partial charge in [0.1, 0.15) is 11.4 Å². The second kappa shape index (κ2) is 13.6. The molecule has 0 radical (unpaired) electrons. The third kappa shape index (κ3) is 6.53. The normalized spacial score (nSPS) is 24.9. The Balaban J connectivity index is 1.11. The maximum absolute atomic E-state index is 13.7. The van der Waals surface area contributed by atoms with E-state index in [2.05, 4.69) is 32.0 Å². The van der Waals surface area contributed by atoms with Gasteiger partial charge in [-0.1, -0.05) is 19.3 Å². The smallest absolute Gasteiger partial charge is 0.253 e. The van der Waals surface area contributed by atoms with Crippen molar-refractivity contribution < 1.29 is 14.3 Å². The number of amides is 2. The molecule has 1 aromatic carbocycles. The summed E-state index contributed by atoms with van der Waals surface area (Å²) in [5, 5.41) is 3.43. The van der Waals surface area contributed by atoms with Gasteiger partial charge >= 0.3 is 0 Å². The number of hydrogen-bond donors (Lipinski definition) is 1. The van der Waals surface area contributed by atoms with E-state index in [4.69, 9.17) is 9.72 Å². The highest BCUT2D eigenvalue weighted by molar-refractivity contribution is 6.00. The number of benzene rings is 1. The fourth-order valence-corrected chi connectivity index (χ4v) is 8.60. The van der Waals surface area contributed by atoms with Crippen LogP contribution in [0.2, 0.25) is 0 Å². The first-order valence-corrected chi connectivity index (χ1v) is 18.0. The zero-order chi connectivity index (χ0) is 32.7. The molecule has 4 fully saturated rings. The van der Waals surface area contributed by atoms with Gasteiger partial charge in [0.25, 0.3) is 5.91 Å². The van der Waals surface area contributed by atoms with Crippen LogP contribution < -0.4 is 19.9 Å². The quantitative estimate of drug-likeness (QED) is 0.458. The number of piperidine rings is 1. The van der Waals surface area contributed by atoms with E-state index in [1.165, 1.54) is 12.8 Å². The Morgan fingerprint density at radius 2 is 1.66 bits per heavy atom. The summed E-state index contributed by atoms with van der Waals surface area (Å²) >= 11 is 0. The summed E-state index contributed by atoms with van der Waals surface area (Å²) in [5.41, 5.74) is 2.12. The van der Waals surface area contributed by atoms with E-state index in [0.717, 1.165) is 95.7 Å². The van der Waals surface area contributed by atoms with E-state index >= 15 is 0 Å². The molecule has 254 valence electrons. The molecule has 11 heteroatoms. The third-order valence-electron chi connectivity index (χ3n) is 11.2. The van der Waals surface area contributed by atoms with Crippen LogP contribution in [-0.4, -0.2) is 114 Å². The summed E-state index contributed by atoms with van der Waals surface area (Å²) in [6.07, 6.45) is 11.4. The lowest BCUT2D eigenvalue weighted by atomic mass is 9.99. The largest absolute Gasteiger partial charge is 0.489 e. The van der Waals surface area contributed by atoms with E-state index in [-0.39, 0.29) is 29.9 Å². The number of piperazine rings is 1. The van der Waals surface area contributed by atoms with Gasteiger partial charge in [0.2, 0.25) is 11.9 Å². The zero-order valence-corrected chi connectivity index (χ0v) is 28.7. The van der Waals surface area contributed by atoms with Gasteiger partial charge in [-0.3, -0.25) is 14.5 Å². The molecule has 11 nitrogen and oxygen atoms in total. The van der Waals surface area contributed by atoms with Crippen LogP contribution in [0.1, 0.15) is 82.0 Å². The highest BCUT2D eigenvalue weighted by Crippen LogP contribution is 2.45. The van der Waals surface area contributed by atoms with E-state index < -0.39 is 0 Å². The van der Waals surface area contributed by atoms with Crippen molar-refractivity contribution in [3.63, 3.8) is 0 Å². The number of rotatable bonds is 7. The number of carbonyl (C=O) groups is 2. The number of hydrogen-bond acceptors (Lipinski definition) is 9. The van der Waals surface area contributed by atoms with E-state index in [1.807, 2.05) is 44.0 Å². The second-order valence-corrected chi connectivity index (χ2v) is 14.6. The molecule has 0 unspecified atom stereocenters. The first-order valence-electron chi connectivity index (χ1n) is 18.0. The standard InChI is InChI=1S/C36H52N8O3/c1-24(2)47-32-22-25(34(45)43-16-14-26(15-17-43)42-20-18-40(3)19-21-42)12-13-29(32)38-36-37-23-31-33(39-36)44(27-8-5-6-9-27)30-11-7-10-28(30)35(46)41(31)4/h12-13,22-24,26-28,30H,5-11,14-21H2,1-4H3,(H,37,38,39)/t28-,30+/m0/s1. The molecule has 2 aliphatic carbocycles. The molecule has 4 heterocycles. The maximum Gasteiger partial charge on any atom is 0.253 e. The zero-order valence-electron chi connectivity index (χ0n) is 28.7. The molecule has 7 rings (SSSR count). The van der Waals surface area contributed by atoms with Crippen molar-refractivity contribution in [1.82, 2.24) is 24.7 Å². The average molecular weight is 645 g/mol. The van der Waals surface area contributed by atoms with Gasteiger partial charge in [-0.25, -0.2) is 4.98 Å². The number of nitrogens with zero attached hydrogens (tertiary/aromatic N) is 7. The van der Waals surface area contributed by atoms with Crippen molar-refractivity contribution in [2.24, 2.45) is 5.92 Å². The Kier molecular flexibility index (Phi) is 9.29. The molecule has 1 aromatic heterocycles. The maximum atomic E-state index is 13.7. The van der Waals surface area contributed by atoms with Gasteiger partial charge in [0.15, 0.2) is 5.82 Å². The molecular weight excluding hydrogens is 592 g/mol. The second-order valence-electron chi connectivity index (χ2n) is 14.6. The van der Waals surface area contributed by atoms with Crippen LogP contribution in [0.5, 0.6) is 5.75 Å². The van der Waals surface area contributed by atoms with E-state index in [9.17, 15) is 9.59 Å². The summed E-state index contributed by atoms with van der Waals surface area (Å²) < 4.78 is 6.26. The Bertz CT molecular complexity index is 1450. The summed E-state index contributed by atoms with van der Waals surface area (Å²) in [6.45, 7) is 9.99. The van der Waals surface area contributed by atoms with Crippen LogP contribution in [0.15, 0.2) is 24.4 Å². The van der Waals surface area contributed by atoms with Crippen LogP contribution in [0.4, 0.5) is 23.1 Å². The Labute approximate surface area is 279 Å². The lowest BCUT2D eigenvalue weighted by Crippen LogP contribution is -2.52. The first kappa shape index (κ1) is 32.1. The third-order valence-corrected chi connectivity index (χ3v) is 11.2. The molecular formula is C36H52N8O3. The Morgan fingerprint density at radius 3 is 2.38 bits per heavy atom. The molecule has 2 saturated heterocycles. The number of aromatic nitrogens is 2. The molecule has 0 spiro atoms. The predicted molar refractivity (Wildman–Crippen MR) is 185 cm³/mol. The van der Waals surface area contributed by atoms with Crippen LogP contribution in [-0.2, 0) is 4.79 Å². The lowest BCUT2D eigenvalue weighted by Gasteiger charge is -2.42. The number of anilines is 4. The molecule has 2 atom stereocenters. The number of ether oxygens (including phenoxy) is 1. The summed E-state index contributed by atoms with van der Waals surface area (Å²) in [7, 11) is 4.05. The lowest BCUT2D eigenvalue weighted by molar-refractivity contribution is -0.122. The molecule has 0 bridgehead atoms. The van der Waals surface area contributed by atoms with Gasteiger partial charge in [-0.15, -0.1) is 0 Å². The minimum Gasteiger partial charge on any atom is -0.489 e. The molecule has 47 heavy (non-hydrogen) atoms. The number of fused-ring (bicyclic) bond motifs is 2. The van der Waals surface area contributed by atoms with Crippen molar-refractivity contribution >= 4 is 35.0 Å². The highest BCUT2D eigenvalue weighted by atomic mass is 16.5. The molecule has 2 saturated carbocycles. The minimum absolute atomic E-state index is 0.0000836. The Hall–Kier alpha value is -3.44. The van der Waals surface area contributed by atoms with Crippen molar-refractivity contribution in [2.45, 2.75) is 95.9 Å². The topological polar surface area (TPSA) is 97.4 Å². The fraction of sp³-hybridized carbons (Fsp3) is 0.667. The van der Waals surface area contributed by atoms with Gasteiger partial charge in [-0.05, 0) is 77.6 Å². The van der Waals surface area contributed by atoms with Gasteiger partial charge in [0, 0.05) is 70.0 Å². The first-order chi connectivity index (χ1) is 22.8. The summed E-state index contributed by atoms with van der Waals surface area (Å²) in [5.74, 6) is 2.14. The molecule has 3 aliphatic heterocycles. The van der Waals surface area contributed by atoms with E-state index in [0.29, 0.717) is 35.0 Å². The minimum atomic E-state index is -0.0787. The van der Waals surface area contributed by atoms with Crippen molar-refractivity contribution in [1.29, 1.82) is 0 Å². The van der Waals surface area contributed by atoms with Crippen molar-refractivity contribution in [2.75, 3.05) is 68.5 Å². The van der Waals surface area contributed by atoms with Gasteiger partial charge in [0.05, 0.1) is 23.9 Å². The summed E-state index contributed by atoms with van der Waals surface area (Å²) in [6, 6.07) is 6.78. The molecule has 2 amide bonds. The number of carbonyl (C=O) groups excluding carboxylic acids is 2. The van der Waals surface area contributed by atoms with Gasteiger partial charge in [-0.2, -0.15) is 4.98 Å². The predicted octanol–water partition coefficient (Wildman–Crippen LogP) is 4.75. The van der Waals surface area contributed by atoms with Gasteiger partial charge < -0.3 is 29.7 Å². The average Bonchev–Trinajstić information content (AvgIpc) is 3.77. The highest BCUT2D eigenvalue weighted by Gasteiger charge is 2.46. The molecule has 5 aliphatic rings.